The average molecular weight is 248 g/mol. The van der Waals surface area contributed by atoms with Crippen LogP contribution >= 0.6 is 0 Å². The van der Waals surface area contributed by atoms with E-state index < -0.39 is 5.60 Å². The van der Waals surface area contributed by atoms with E-state index in [-0.39, 0.29) is 5.41 Å². The van der Waals surface area contributed by atoms with Gasteiger partial charge < -0.3 is 20.9 Å². The molecule has 3 rings (SSSR count). The Kier molecular flexibility index (Phi) is 2.81. The van der Waals surface area contributed by atoms with Gasteiger partial charge in [-0.05, 0) is 31.0 Å². The van der Waals surface area contributed by atoms with Gasteiger partial charge in [-0.2, -0.15) is 0 Å². The second-order valence-electron chi connectivity index (χ2n) is 5.52. The van der Waals surface area contributed by atoms with Crippen molar-refractivity contribution in [1.29, 1.82) is 0 Å². The Morgan fingerprint density at radius 2 is 2.22 bits per heavy atom. The minimum absolute atomic E-state index is 0.370. The molecule has 0 bridgehead atoms. The molecular weight excluding hydrogens is 228 g/mol. The van der Waals surface area contributed by atoms with Crippen LogP contribution in [0.15, 0.2) is 24.3 Å². The first-order valence-electron chi connectivity index (χ1n) is 6.53. The maximum atomic E-state index is 10.9. The summed E-state index contributed by atoms with van der Waals surface area (Å²) in [4.78, 5) is 0. The number of aliphatic hydroxyl groups is 1. The van der Waals surface area contributed by atoms with Crippen molar-refractivity contribution in [2.75, 3.05) is 26.2 Å². The maximum Gasteiger partial charge on any atom is 0.122 e. The zero-order valence-corrected chi connectivity index (χ0v) is 10.5. The molecule has 0 aliphatic carbocycles. The lowest BCUT2D eigenvalue weighted by molar-refractivity contribution is -0.0924. The van der Waals surface area contributed by atoms with Crippen molar-refractivity contribution < 1.29 is 9.84 Å². The molecule has 2 unspecified atom stereocenters. The number of benzene rings is 1. The predicted octanol–water partition coefficient (Wildman–Crippen LogP) is 0.291. The minimum atomic E-state index is -0.755. The van der Waals surface area contributed by atoms with Gasteiger partial charge in [-0.1, -0.05) is 18.2 Å². The molecule has 0 spiro atoms. The van der Waals surface area contributed by atoms with Gasteiger partial charge in [0.2, 0.25) is 0 Å². The van der Waals surface area contributed by atoms with E-state index in [0.717, 1.165) is 30.7 Å². The second kappa shape index (κ2) is 4.23. The average Bonchev–Trinajstić information content (AvgIpc) is 2.86. The Balaban J connectivity index is 1.95. The van der Waals surface area contributed by atoms with Gasteiger partial charge in [-0.3, -0.25) is 0 Å². The summed E-state index contributed by atoms with van der Waals surface area (Å²) in [6.07, 6.45) is 1.54. The summed E-state index contributed by atoms with van der Waals surface area (Å²) in [5.74, 6) is 0.927. The highest BCUT2D eigenvalue weighted by atomic mass is 16.5. The van der Waals surface area contributed by atoms with E-state index in [4.69, 9.17) is 10.5 Å². The fraction of sp³-hybridized carbons (Fsp3) is 0.571. The van der Waals surface area contributed by atoms with E-state index >= 15 is 0 Å². The van der Waals surface area contributed by atoms with Crippen molar-refractivity contribution in [2.45, 2.75) is 18.4 Å². The lowest BCUT2D eigenvalue weighted by Gasteiger charge is -2.46. The van der Waals surface area contributed by atoms with Gasteiger partial charge in [0.1, 0.15) is 5.75 Å². The summed E-state index contributed by atoms with van der Waals surface area (Å²) in [6, 6.07) is 8.02. The van der Waals surface area contributed by atoms with Crippen LogP contribution < -0.4 is 15.8 Å². The van der Waals surface area contributed by atoms with Gasteiger partial charge in [0.25, 0.3) is 0 Å². The molecule has 1 fully saturated rings. The summed E-state index contributed by atoms with van der Waals surface area (Å²) < 4.78 is 5.84. The lowest BCUT2D eigenvalue weighted by atomic mass is 9.67. The molecule has 4 nitrogen and oxygen atoms in total. The number of β-amino-alcohol motifs (C(OH)–C–C–N with tert-alkyl or cyclic N) is 1. The highest BCUT2D eigenvalue weighted by Crippen LogP contribution is 2.43. The van der Waals surface area contributed by atoms with Gasteiger partial charge in [0.05, 0.1) is 17.6 Å². The molecule has 1 aromatic carbocycles. The van der Waals surface area contributed by atoms with Crippen molar-refractivity contribution >= 4 is 0 Å². The number of hydrogen-bond donors (Lipinski definition) is 3. The normalized spacial score (nSPS) is 35.0. The van der Waals surface area contributed by atoms with Crippen LogP contribution in [0.2, 0.25) is 0 Å². The van der Waals surface area contributed by atoms with Crippen molar-refractivity contribution in [3.63, 3.8) is 0 Å². The summed E-state index contributed by atoms with van der Waals surface area (Å²) in [7, 11) is 0. The maximum absolute atomic E-state index is 10.9. The van der Waals surface area contributed by atoms with Gasteiger partial charge in [-0.25, -0.2) is 0 Å². The van der Waals surface area contributed by atoms with Gasteiger partial charge in [0, 0.05) is 13.1 Å². The molecule has 2 aliphatic heterocycles. The summed E-state index contributed by atoms with van der Waals surface area (Å²) in [5, 5.41) is 14.1. The molecule has 1 aromatic rings. The molecule has 98 valence electrons. The first kappa shape index (κ1) is 12.0. The largest absolute Gasteiger partial charge is 0.493 e. The third-order valence-corrected chi connectivity index (χ3v) is 4.52. The number of hydrogen-bond acceptors (Lipinski definition) is 4. The zero-order valence-electron chi connectivity index (χ0n) is 10.5. The van der Waals surface area contributed by atoms with Gasteiger partial charge >= 0.3 is 0 Å². The third kappa shape index (κ3) is 1.64. The Labute approximate surface area is 107 Å². The molecular formula is C14H20N2O2. The number of fused-ring (bicyclic) bond motifs is 1. The molecule has 2 atom stereocenters. The molecule has 2 heterocycles. The first-order valence-corrected chi connectivity index (χ1v) is 6.53. The fourth-order valence-corrected chi connectivity index (χ4v) is 3.17. The SMILES string of the molecule is NCC1(C2(O)CCNC2)COc2ccccc2C1. The number of ether oxygens (including phenoxy) is 1. The van der Waals surface area contributed by atoms with E-state index in [9.17, 15) is 5.11 Å². The Morgan fingerprint density at radius 3 is 2.94 bits per heavy atom. The molecule has 4 heteroatoms. The smallest absolute Gasteiger partial charge is 0.122 e. The Bertz CT molecular complexity index is 443. The van der Waals surface area contributed by atoms with Crippen molar-refractivity contribution in [3.8, 4) is 5.75 Å². The lowest BCUT2D eigenvalue weighted by Crippen LogP contribution is -2.59. The topological polar surface area (TPSA) is 67.5 Å². The van der Waals surface area contributed by atoms with Crippen LogP contribution in [0.4, 0.5) is 0 Å². The summed E-state index contributed by atoms with van der Waals surface area (Å²) in [6.45, 7) is 2.40. The van der Waals surface area contributed by atoms with Crippen LogP contribution in [0.25, 0.3) is 0 Å². The molecule has 1 saturated heterocycles. The van der Waals surface area contributed by atoms with Crippen molar-refractivity contribution in [3.05, 3.63) is 29.8 Å². The van der Waals surface area contributed by atoms with Crippen LogP contribution in [0.1, 0.15) is 12.0 Å². The molecule has 0 amide bonds. The van der Waals surface area contributed by atoms with Crippen LogP contribution in [0, 0.1) is 5.41 Å². The van der Waals surface area contributed by atoms with Crippen LogP contribution in [0.3, 0.4) is 0 Å². The zero-order chi connectivity index (χ0) is 12.6. The minimum Gasteiger partial charge on any atom is -0.493 e. The van der Waals surface area contributed by atoms with Crippen LogP contribution in [-0.2, 0) is 6.42 Å². The van der Waals surface area contributed by atoms with E-state index in [1.165, 1.54) is 0 Å². The number of nitrogens with one attached hydrogen (secondary N) is 1. The summed E-state index contributed by atoms with van der Waals surface area (Å²) >= 11 is 0. The number of nitrogens with two attached hydrogens (primary N) is 1. The van der Waals surface area contributed by atoms with E-state index in [0.29, 0.717) is 19.7 Å². The standard InChI is InChI=1S/C14H20N2O2/c15-8-13(14(17)5-6-16-9-14)7-11-3-1-2-4-12(11)18-10-13/h1-4,16-17H,5-10,15H2. The second-order valence-corrected chi connectivity index (χ2v) is 5.52. The fourth-order valence-electron chi connectivity index (χ4n) is 3.17. The molecule has 2 aliphatic rings. The van der Waals surface area contributed by atoms with E-state index in [2.05, 4.69) is 11.4 Å². The van der Waals surface area contributed by atoms with E-state index in [1.54, 1.807) is 0 Å². The van der Waals surface area contributed by atoms with Crippen LogP contribution in [0.5, 0.6) is 5.75 Å². The highest BCUT2D eigenvalue weighted by Gasteiger charge is 2.53. The number of para-hydroxylation sites is 1. The Hall–Kier alpha value is -1.10. The molecule has 4 N–H and O–H groups in total. The predicted molar refractivity (Wildman–Crippen MR) is 69.6 cm³/mol. The van der Waals surface area contributed by atoms with Gasteiger partial charge in [-0.15, -0.1) is 0 Å². The van der Waals surface area contributed by atoms with Crippen molar-refractivity contribution in [2.24, 2.45) is 11.1 Å². The van der Waals surface area contributed by atoms with Crippen molar-refractivity contribution in [1.82, 2.24) is 5.32 Å². The third-order valence-electron chi connectivity index (χ3n) is 4.52. The Morgan fingerprint density at radius 1 is 1.39 bits per heavy atom. The first-order chi connectivity index (χ1) is 8.69. The monoisotopic (exact) mass is 248 g/mol. The molecule has 18 heavy (non-hydrogen) atoms. The molecule has 0 aromatic heterocycles. The number of rotatable bonds is 2. The molecule has 0 saturated carbocycles. The van der Waals surface area contributed by atoms with E-state index in [1.807, 2.05) is 18.2 Å². The molecule has 0 radical (unpaired) electrons. The quantitative estimate of drug-likeness (QED) is 0.704. The van der Waals surface area contributed by atoms with Crippen LogP contribution in [-0.4, -0.2) is 36.9 Å². The highest BCUT2D eigenvalue weighted by molar-refractivity contribution is 5.37. The van der Waals surface area contributed by atoms with Gasteiger partial charge in [0.15, 0.2) is 0 Å². The summed E-state index contributed by atoms with van der Waals surface area (Å²) in [5.41, 5.74) is 6.02.